The van der Waals surface area contributed by atoms with Gasteiger partial charge in [-0.15, -0.1) is 0 Å². The molecule has 0 aromatic carbocycles. The molecule has 6 nitrogen and oxygen atoms in total. The zero-order valence-electron chi connectivity index (χ0n) is 14.0. The van der Waals surface area contributed by atoms with Crippen LogP contribution in [-0.4, -0.2) is 45.7 Å². The van der Waals surface area contributed by atoms with Crippen LogP contribution in [0.1, 0.15) is 62.4 Å². The number of ketones is 1. The van der Waals surface area contributed by atoms with Crippen LogP contribution in [0.5, 0.6) is 0 Å². The van der Waals surface area contributed by atoms with Crippen LogP contribution in [0.3, 0.4) is 0 Å². The van der Waals surface area contributed by atoms with E-state index in [4.69, 9.17) is 4.74 Å². The van der Waals surface area contributed by atoms with E-state index in [1.165, 1.54) is 19.2 Å². The van der Waals surface area contributed by atoms with E-state index in [-0.39, 0.29) is 29.5 Å². The molecule has 1 aromatic heterocycles. The van der Waals surface area contributed by atoms with Crippen molar-refractivity contribution >= 4 is 17.7 Å². The molecule has 1 rings (SSSR count). The molecule has 0 saturated heterocycles. The smallest absolute Gasteiger partial charge is 0.355 e. The molecule has 0 aliphatic rings. The molecule has 0 aliphatic carbocycles. The molecule has 22 heavy (non-hydrogen) atoms. The third-order valence-corrected chi connectivity index (χ3v) is 3.31. The number of aromatic amines is 1. The SMILES string of the molecule is CC(=O)c1c[nH]c(C(=O)OC(C)C(=O)N(C(C)C)C(C)C)c1. The van der Waals surface area contributed by atoms with Crippen molar-refractivity contribution in [2.24, 2.45) is 0 Å². The van der Waals surface area contributed by atoms with Gasteiger partial charge in [-0.3, -0.25) is 9.59 Å². The van der Waals surface area contributed by atoms with Crippen molar-refractivity contribution < 1.29 is 19.1 Å². The van der Waals surface area contributed by atoms with E-state index in [1.54, 1.807) is 11.8 Å². The number of rotatable bonds is 6. The Morgan fingerprint density at radius 3 is 2.05 bits per heavy atom. The van der Waals surface area contributed by atoms with Crippen molar-refractivity contribution in [2.45, 2.75) is 59.7 Å². The van der Waals surface area contributed by atoms with Crippen molar-refractivity contribution in [3.8, 4) is 0 Å². The third kappa shape index (κ3) is 4.19. The maximum atomic E-state index is 12.4. The summed E-state index contributed by atoms with van der Waals surface area (Å²) < 4.78 is 5.20. The number of ether oxygens (including phenoxy) is 1. The summed E-state index contributed by atoms with van der Waals surface area (Å²) in [5.41, 5.74) is 0.558. The fraction of sp³-hybridized carbons (Fsp3) is 0.562. The lowest BCUT2D eigenvalue weighted by Crippen LogP contribution is -2.47. The van der Waals surface area contributed by atoms with Gasteiger partial charge in [0.05, 0.1) is 0 Å². The van der Waals surface area contributed by atoms with E-state index < -0.39 is 12.1 Å². The number of aromatic nitrogens is 1. The van der Waals surface area contributed by atoms with Gasteiger partial charge >= 0.3 is 5.97 Å². The van der Waals surface area contributed by atoms with Crippen LogP contribution in [0.4, 0.5) is 0 Å². The van der Waals surface area contributed by atoms with Gasteiger partial charge in [-0.1, -0.05) is 0 Å². The minimum absolute atomic E-state index is 0.0171. The Labute approximate surface area is 130 Å². The molecule has 0 bridgehead atoms. The fourth-order valence-electron chi connectivity index (χ4n) is 2.31. The predicted octanol–water partition coefficient (Wildman–Crippen LogP) is 2.41. The van der Waals surface area contributed by atoms with Gasteiger partial charge in [0.2, 0.25) is 0 Å². The first-order valence-corrected chi connectivity index (χ1v) is 7.37. The molecule has 0 aliphatic heterocycles. The molecule has 1 N–H and O–H groups in total. The van der Waals surface area contributed by atoms with Crippen molar-refractivity contribution in [3.63, 3.8) is 0 Å². The summed E-state index contributed by atoms with van der Waals surface area (Å²) in [5.74, 6) is -1.04. The van der Waals surface area contributed by atoms with Crippen LogP contribution in [0.2, 0.25) is 0 Å². The molecule has 1 unspecified atom stereocenters. The zero-order valence-corrected chi connectivity index (χ0v) is 14.0. The first-order valence-electron chi connectivity index (χ1n) is 7.37. The van der Waals surface area contributed by atoms with E-state index in [1.807, 2.05) is 27.7 Å². The van der Waals surface area contributed by atoms with Crippen LogP contribution < -0.4 is 0 Å². The van der Waals surface area contributed by atoms with E-state index >= 15 is 0 Å². The Bertz CT molecular complexity index is 552. The number of amides is 1. The highest BCUT2D eigenvalue weighted by Gasteiger charge is 2.28. The number of H-pyrrole nitrogens is 1. The predicted molar refractivity (Wildman–Crippen MR) is 82.8 cm³/mol. The summed E-state index contributed by atoms with van der Waals surface area (Å²) in [7, 11) is 0. The number of carbonyl (C=O) groups excluding carboxylic acids is 3. The molecule has 6 heteroatoms. The molecule has 0 radical (unpaired) electrons. The molecule has 0 spiro atoms. The van der Waals surface area contributed by atoms with Gasteiger partial charge in [-0.05, 0) is 47.6 Å². The van der Waals surface area contributed by atoms with Gasteiger partial charge in [-0.2, -0.15) is 0 Å². The van der Waals surface area contributed by atoms with Gasteiger partial charge < -0.3 is 14.6 Å². The Balaban J connectivity index is 2.77. The number of nitrogens with one attached hydrogen (secondary N) is 1. The normalized spacial score (nSPS) is 12.4. The Morgan fingerprint density at radius 1 is 1.09 bits per heavy atom. The number of Topliss-reactive ketones (excluding diaryl/α,β-unsaturated/α-hetero) is 1. The number of carbonyl (C=O) groups is 3. The summed E-state index contributed by atoms with van der Waals surface area (Å²) in [5, 5.41) is 0. The lowest BCUT2D eigenvalue weighted by Gasteiger charge is -2.32. The standard InChI is InChI=1S/C16H24N2O4/c1-9(2)18(10(3)4)15(20)12(6)22-16(21)14-7-13(8-17-14)11(5)19/h7-10,12,17H,1-6H3. The third-order valence-electron chi connectivity index (χ3n) is 3.31. The summed E-state index contributed by atoms with van der Waals surface area (Å²) in [6.45, 7) is 10.6. The number of hydrogen-bond donors (Lipinski definition) is 1. The highest BCUT2D eigenvalue weighted by atomic mass is 16.5. The van der Waals surface area contributed by atoms with Gasteiger partial charge in [0.1, 0.15) is 5.69 Å². The van der Waals surface area contributed by atoms with Crippen molar-refractivity contribution in [1.82, 2.24) is 9.88 Å². The maximum Gasteiger partial charge on any atom is 0.355 e. The molecule has 1 amide bonds. The summed E-state index contributed by atoms with van der Waals surface area (Å²) in [4.78, 5) is 40.0. The quantitative estimate of drug-likeness (QED) is 0.646. The Kier molecular flexibility index (Phi) is 5.91. The highest BCUT2D eigenvalue weighted by molar-refractivity contribution is 5.98. The van der Waals surface area contributed by atoms with Crippen molar-refractivity contribution in [2.75, 3.05) is 0 Å². The van der Waals surface area contributed by atoms with Crippen molar-refractivity contribution in [1.29, 1.82) is 0 Å². The van der Waals surface area contributed by atoms with Gasteiger partial charge in [0, 0.05) is 23.8 Å². The Hall–Kier alpha value is -2.11. The van der Waals surface area contributed by atoms with Gasteiger partial charge in [0.15, 0.2) is 11.9 Å². The largest absolute Gasteiger partial charge is 0.448 e. The molecule has 1 atom stereocenters. The molecular weight excluding hydrogens is 284 g/mol. The summed E-state index contributed by atoms with van der Waals surface area (Å²) >= 11 is 0. The highest BCUT2D eigenvalue weighted by Crippen LogP contribution is 2.12. The molecule has 0 saturated carbocycles. The first kappa shape index (κ1) is 17.9. The summed E-state index contributed by atoms with van der Waals surface area (Å²) in [6, 6.07) is 1.46. The second-order valence-electron chi connectivity index (χ2n) is 5.84. The molecule has 1 heterocycles. The van der Waals surface area contributed by atoms with Crippen LogP contribution in [0.25, 0.3) is 0 Å². The lowest BCUT2D eigenvalue weighted by molar-refractivity contribution is -0.143. The van der Waals surface area contributed by atoms with Crippen molar-refractivity contribution in [3.05, 3.63) is 23.5 Å². The van der Waals surface area contributed by atoms with Gasteiger partial charge in [0.25, 0.3) is 5.91 Å². The molecular formula is C16H24N2O4. The Morgan fingerprint density at radius 2 is 1.64 bits per heavy atom. The average molecular weight is 308 g/mol. The first-order chi connectivity index (χ1) is 10.1. The van der Waals surface area contributed by atoms with Gasteiger partial charge in [-0.25, -0.2) is 4.79 Å². The monoisotopic (exact) mass is 308 g/mol. The number of nitrogens with zero attached hydrogens (tertiary/aromatic N) is 1. The molecule has 122 valence electrons. The summed E-state index contributed by atoms with van der Waals surface area (Å²) in [6.07, 6.45) is 0.557. The zero-order chi connectivity index (χ0) is 17.0. The van der Waals surface area contributed by atoms with Crippen LogP contribution in [-0.2, 0) is 9.53 Å². The lowest BCUT2D eigenvalue weighted by atomic mass is 10.2. The van der Waals surface area contributed by atoms with Crippen LogP contribution in [0, 0.1) is 0 Å². The second kappa shape index (κ2) is 7.24. The number of esters is 1. The van der Waals surface area contributed by atoms with E-state index in [0.717, 1.165) is 0 Å². The molecule has 0 fully saturated rings. The van der Waals surface area contributed by atoms with E-state index in [9.17, 15) is 14.4 Å². The maximum absolute atomic E-state index is 12.4. The topological polar surface area (TPSA) is 79.5 Å². The minimum atomic E-state index is -0.888. The van der Waals surface area contributed by atoms with Crippen LogP contribution >= 0.6 is 0 Å². The van der Waals surface area contributed by atoms with Crippen LogP contribution in [0.15, 0.2) is 12.3 Å². The molecule has 1 aromatic rings. The van der Waals surface area contributed by atoms with E-state index in [0.29, 0.717) is 5.56 Å². The van der Waals surface area contributed by atoms with E-state index in [2.05, 4.69) is 4.98 Å². The number of hydrogen-bond acceptors (Lipinski definition) is 4. The second-order valence-corrected chi connectivity index (χ2v) is 5.84. The minimum Gasteiger partial charge on any atom is -0.448 e. The average Bonchev–Trinajstić information content (AvgIpc) is 2.87. The fourth-order valence-corrected chi connectivity index (χ4v) is 2.31.